The summed E-state index contributed by atoms with van der Waals surface area (Å²) in [5, 5.41) is 24.2. The second kappa shape index (κ2) is 9.67. The van der Waals surface area contributed by atoms with Crippen LogP contribution >= 0.6 is 0 Å². The van der Waals surface area contributed by atoms with E-state index in [0.717, 1.165) is 23.7 Å². The molecular weight excluding hydrogens is 406 g/mol. The van der Waals surface area contributed by atoms with Gasteiger partial charge in [-0.3, -0.25) is 9.63 Å². The molecule has 2 saturated heterocycles. The fourth-order valence-corrected chi connectivity index (χ4v) is 4.63. The fraction of sp³-hybridized carbons (Fsp3) is 0.458. The lowest BCUT2D eigenvalue weighted by molar-refractivity contribution is -0.162. The number of aromatic hydroxyl groups is 1. The number of phenolic OH excluding ortho intramolecular Hbond substituents is 1. The molecule has 1 aromatic heterocycles. The molecule has 2 aliphatic heterocycles. The molecule has 1 amide bonds. The van der Waals surface area contributed by atoms with E-state index in [4.69, 9.17) is 4.84 Å². The van der Waals surface area contributed by atoms with E-state index in [2.05, 4.69) is 27.5 Å². The summed E-state index contributed by atoms with van der Waals surface area (Å²) >= 11 is 0. The zero-order valence-corrected chi connectivity index (χ0v) is 18.9. The van der Waals surface area contributed by atoms with Crippen molar-refractivity contribution in [2.75, 3.05) is 26.1 Å². The third kappa shape index (κ3) is 4.92. The molecule has 1 aromatic carbocycles. The summed E-state index contributed by atoms with van der Waals surface area (Å²) in [7, 11) is 5.05. The van der Waals surface area contributed by atoms with Crippen molar-refractivity contribution >= 4 is 17.8 Å². The molecule has 0 radical (unpaired) electrons. The number of benzene rings is 1. The summed E-state index contributed by atoms with van der Waals surface area (Å²) in [5.74, 6) is 0.638. The Hall–Kier alpha value is -2.97. The average Bonchev–Trinajstić information content (AvgIpc) is 2.81. The van der Waals surface area contributed by atoms with Crippen molar-refractivity contribution in [3.8, 4) is 17.0 Å². The summed E-state index contributed by atoms with van der Waals surface area (Å²) in [5.41, 5.74) is 1.90. The molecule has 0 aliphatic carbocycles. The molecule has 0 saturated carbocycles. The first kappa shape index (κ1) is 22.2. The van der Waals surface area contributed by atoms with Crippen molar-refractivity contribution < 1.29 is 14.7 Å². The minimum absolute atomic E-state index is 0.0845. The van der Waals surface area contributed by atoms with E-state index in [1.165, 1.54) is 39.5 Å². The van der Waals surface area contributed by atoms with Gasteiger partial charge in [-0.25, -0.2) is 5.06 Å². The second-order valence-corrected chi connectivity index (χ2v) is 8.63. The maximum Gasteiger partial charge on any atom is 0.269 e. The highest BCUT2D eigenvalue weighted by molar-refractivity contribution is 5.91. The van der Waals surface area contributed by atoms with Gasteiger partial charge in [0.15, 0.2) is 5.82 Å². The first-order valence-corrected chi connectivity index (χ1v) is 11.1. The summed E-state index contributed by atoms with van der Waals surface area (Å²) in [6.45, 7) is 0. The van der Waals surface area contributed by atoms with E-state index in [0.29, 0.717) is 34.9 Å². The molecule has 3 heterocycles. The number of amides is 1. The third-order valence-corrected chi connectivity index (χ3v) is 6.55. The Morgan fingerprint density at radius 1 is 1.16 bits per heavy atom. The number of anilines is 1. The molecule has 2 fully saturated rings. The number of carbonyl (C=O) groups is 1. The number of hydroxylamine groups is 2. The van der Waals surface area contributed by atoms with Gasteiger partial charge in [-0.1, -0.05) is 12.5 Å². The first-order valence-electron chi connectivity index (χ1n) is 11.1. The van der Waals surface area contributed by atoms with Gasteiger partial charge < -0.3 is 15.3 Å². The predicted molar refractivity (Wildman–Crippen MR) is 124 cm³/mol. The van der Waals surface area contributed by atoms with Gasteiger partial charge in [0, 0.05) is 43.9 Å². The number of nitrogens with zero attached hydrogens (tertiary/aromatic N) is 4. The summed E-state index contributed by atoms with van der Waals surface area (Å²) in [4.78, 5) is 18.9. The fourth-order valence-electron chi connectivity index (χ4n) is 4.63. The SMILES string of the molecule is CON(C)C(=O)/C=C/c1ccc(-c2ccc(N(C)C3CC4CCCC(C3)N4)nn2)c(O)c1. The third-order valence-electron chi connectivity index (χ3n) is 6.55. The molecule has 2 atom stereocenters. The molecule has 170 valence electrons. The van der Waals surface area contributed by atoms with E-state index >= 15 is 0 Å². The van der Waals surface area contributed by atoms with Crippen LogP contribution in [0, 0.1) is 0 Å². The van der Waals surface area contributed by atoms with Crippen LogP contribution in [0.4, 0.5) is 5.82 Å². The lowest BCUT2D eigenvalue weighted by Gasteiger charge is -2.43. The maximum atomic E-state index is 11.8. The number of nitrogens with one attached hydrogen (secondary N) is 1. The maximum absolute atomic E-state index is 11.8. The Balaban J connectivity index is 1.44. The average molecular weight is 438 g/mol. The molecule has 2 N–H and O–H groups in total. The van der Waals surface area contributed by atoms with E-state index in [9.17, 15) is 9.90 Å². The van der Waals surface area contributed by atoms with Gasteiger partial charge in [-0.15, -0.1) is 10.2 Å². The molecule has 2 aromatic rings. The number of rotatable bonds is 6. The topological polar surface area (TPSA) is 90.8 Å². The molecule has 8 heteroatoms. The molecule has 2 unspecified atom stereocenters. The monoisotopic (exact) mass is 437 g/mol. The highest BCUT2D eigenvalue weighted by Crippen LogP contribution is 2.32. The van der Waals surface area contributed by atoms with Gasteiger partial charge in [0.2, 0.25) is 0 Å². The van der Waals surface area contributed by atoms with Crippen molar-refractivity contribution in [3.05, 3.63) is 42.0 Å². The lowest BCUT2D eigenvalue weighted by Crippen LogP contribution is -2.54. The van der Waals surface area contributed by atoms with Crippen LogP contribution in [-0.4, -0.2) is 65.6 Å². The van der Waals surface area contributed by atoms with Crippen molar-refractivity contribution in [1.82, 2.24) is 20.6 Å². The number of aromatic nitrogens is 2. The van der Waals surface area contributed by atoms with Gasteiger partial charge in [0.1, 0.15) is 5.75 Å². The highest BCUT2D eigenvalue weighted by Gasteiger charge is 2.33. The largest absolute Gasteiger partial charge is 0.507 e. The predicted octanol–water partition coefficient (Wildman–Crippen LogP) is 2.99. The Morgan fingerprint density at radius 3 is 2.53 bits per heavy atom. The van der Waals surface area contributed by atoms with Crippen molar-refractivity contribution in [1.29, 1.82) is 0 Å². The van der Waals surface area contributed by atoms with Crippen LogP contribution in [0.3, 0.4) is 0 Å². The summed E-state index contributed by atoms with van der Waals surface area (Å²) < 4.78 is 0. The molecule has 0 spiro atoms. The van der Waals surface area contributed by atoms with Gasteiger partial charge >= 0.3 is 0 Å². The van der Waals surface area contributed by atoms with Gasteiger partial charge in [-0.2, -0.15) is 0 Å². The molecule has 2 aliphatic rings. The van der Waals surface area contributed by atoms with E-state index < -0.39 is 0 Å². The Bertz CT molecular complexity index is 966. The number of fused-ring (bicyclic) bond motifs is 2. The number of hydrogen-bond donors (Lipinski definition) is 2. The Kier molecular flexibility index (Phi) is 6.72. The van der Waals surface area contributed by atoms with Gasteiger partial charge in [0.25, 0.3) is 5.91 Å². The Morgan fingerprint density at radius 2 is 1.91 bits per heavy atom. The number of carbonyl (C=O) groups excluding carboxylic acids is 1. The van der Waals surface area contributed by atoms with E-state index in [1.54, 1.807) is 18.2 Å². The van der Waals surface area contributed by atoms with Crippen molar-refractivity contribution in [2.24, 2.45) is 0 Å². The minimum atomic E-state index is -0.293. The smallest absolute Gasteiger partial charge is 0.269 e. The standard InChI is InChI=1S/C24H31N5O3/c1-28(19-14-17-5-4-6-18(15-19)25-17)23-11-10-21(26-27-23)20-9-7-16(13-22(20)30)8-12-24(31)29(2)32-3/h7-13,17-19,25,30H,4-6,14-15H2,1-3H3/b12-8+. The zero-order chi connectivity index (χ0) is 22.7. The molecule has 4 rings (SSSR count). The quantitative estimate of drug-likeness (QED) is 0.530. The normalized spacial score (nSPS) is 22.7. The highest BCUT2D eigenvalue weighted by atomic mass is 16.7. The number of hydrogen-bond acceptors (Lipinski definition) is 7. The van der Waals surface area contributed by atoms with Crippen LogP contribution in [0.1, 0.15) is 37.7 Å². The number of phenols is 1. The second-order valence-electron chi connectivity index (χ2n) is 8.63. The van der Waals surface area contributed by atoms with Crippen molar-refractivity contribution in [3.63, 3.8) is 0 Å². The van der Waals surface area contributed by atoms with Crippen LogP contribution < -0.4 is 10.2 Å². The van der Waals surface area contributed by atoms with Crippen LogP contribution in [0.5, 0.6) is 5.75 Å². The lowest BCUT2D eigenvalue weighted by atomic mass is 9.83. The number of piperidine rings is 2. The zero-order valence-electron chi connectivity index (χ0n) is 18.9. The van der Waals surface area contributed by atoms with Crippen LogP contribution in [-0.2, 0) is 9.63 Å². The molecule has 8 nitrogen and oxygen atoms in total. The Labute approximate surface area is 188 Å². The van der Waals surface area contributed by atoms with Crippen LogP contribution in [0.15, 0.2) is 36.4 Å². The first-order chi connectivity index (χ1) is 15.4. The molecule has 2 bridgehead atoms. The van der Waals surface area contributed by atoms with Crippen molar-refractivity contribution in [2.45, 2.75) is 50.2 Å². The number of likely N-dealkylation sites (N-methyl/N-ethyl adjacent to an activating group) is 1. The van der Waals surface area contributed by atoms with E-state index in [-0.39, 0.29) is 11.7 Å². The van der Waals surface area contributed by atoms with Gasteiger partial charge in [0.05, 0.1) is 12.8 Å². The molecular formula is C24H31N5O3. The summed E-state index contributed by atoms with van der Waals surface area (Å²) in [6.07, 6.45) is 9.12. The van der Waals surface area contributed by atoms with E-state index in [1.807, 2.05) is 18.2 Å². The minimum Gasteiger partial charge on any atom is -0.507 e. The van der Waals surface area contributed by atoms with Crippen LogP contribution in [0.2, 0.25) is 0 Å². The molecule has 32 heavy (non-hydrogen) atoms. The summed E-state index contributed by atoms with van der Waals surface area (Å²) in [6, 6.07) is 10.7. The van der Waals surface area contributed by atoms with Gasteiger partial charge in [-0.05, 0) is 61.6 Å². The van der Waals surface area contributed by atoms with Crippen LogP contribution in [0.25, 0.3) is 17.3 Å².